The van der Waals surface area contributed by atoms with Gasteiger partial charge in [-0.1, -0.05) is 62.3 Å². The minimum absolute atomic E-state index is 0. The van der Waals surface area contributed by atoms with Gasteiger partial charge in [-0.2, -0.15) is 92.2 Å². The topological polar surface area (TPSA) is 112 Å². The first kappa shape index (κ1) is 62.1. The van der Waals surface area contributed by atoms with E-state index in [0.717, 1.165) is 0 Å². The number of hydrogen-bond donors (Lipinski definition) is 3. The van der Waals surface area contributed by atoms with E-state index in [0.29, 0.717) is 0 Å². The zero-order valence-corrected chi connectivity index (χ0v) is 32.5. The first-order chi connectivity index (χ1) is 24.1. The van der Waals surface area contributed by atoms with E-state index >= 15 is 0 Å². The summed E-state index contributed by atoms with van der Waals surface area (Å²) < 4.78 is 258. The Bertz CT molecular complexity index is 1350. The second-order valence-electron chi connectivity index (χ2n) is 14.4. The van der Waals surface area contributed by atoms with Gasteiger partial charge in [0.25, 0.3) is 0 Å². The second-order valence-corrected chi connectivity index (χ2v) is 14.4. The Labute approximate surface area is 344 Å². The third-order valence-electron chi connectivity index (χ3n) is 6.29. The van der Waals surface area contributed by atoms with E-state index in [1.165, 1.54) is 62.3 Å². The number of carbonyl (C=O) groups is 3. The van der Waals surface area contributed by atoms with Gasteiger partial charge >= 0.3 is 54.1 Å². The predicted molar refractivity (Wildman–Crippen MR) is 153 cm³/mol. The molecule has 0 aromatic carbocycles. The molecule has 1 radical (unpaired) electrons. The number of rotatable bonds is 9. The van der Waals surface area contributed by atoms with Crippen LogP contribution in [0.25, 0.3) is 0 Å². The molecule has 28 heteroatoms. The van der Waals surface area contributed by atoms with Gasteiger partial charge in [-0.05, 0) is 0 Å². The minimum atomic E-state index is -6.59. The fraction of sp³-hybridized carbons (Fsp3) is 0.700. The summed E-state index contributed by atoms with van der Waals surface area (Å²) in [4.78, 5) is 32.5. The van der Waals surface area contributed by atoms with Crippen LogP contribution < -0.4 is 0 Å². The summed E-state index contributed by atoms with van der Waals surface area (Å²) in [5, 5.41) is 27.5. The van der Waals surface area contributed by atoms with Gasteiger partial charge in [-0.15, -0.1) is 0 Å². The molecule has 0 aliphatic rings. The van der Waals surface area contributed by atoms with E-state index in [1.807, 2.05) is 0 Å². The molecule has 0 aromatic heterocycles. The monoisotopic (exact) mass is 1050 g/mol. The number of hydrogen-bond acceptors (Lipinski definition) is 6. The van der Waals surface area contributed by atoms with Crippen LogP contribution in [0, 0.1) is 54.0 Å². The smallest absolute Gasteiger partial charge is 0.460 e. The molecule has 0 aliphatic carbocycles. The molecular formula is C30H33F21HoO6. The molecule has 0 unspecified atom stereocenters. The zero-order chi connectivity index (χ0) is 47.6. The number of halogens is 21. The first-order valence-electron chi connectivity index (χ1n) is 14.5. The molecule has 3 N–H and O–H groups in total. The van der Waals surface area contributed by atoms with Crippen molar-refractivity contribution in [1.29, 1.82) is 0 Å². The van der Waals surface area contributed by atoms with Crippen molar-refractivity contribution in [3.05, 3.63) is 35.5 Å². The maximum Gasteiger partial charge on any atom is 0.460 e. The molecule has 0 heterocycles. The van der Waals surface area contributed by atoms with E-state index in [9.17, 15) is 107 Å². The van der Waals surface area contributed by atoms with Gasteiger partial charge in [-0.3, -0.25) is 14.4 Å². The normalized spacial score (nSPS) is 15.3. The number of carbonyl (C=O) groups excluding carboxylic acids is 3. The molecule has 0 saturated carbocycles. The van der Waals surface area contributed by atoms with Gasteiger partial charge in [0.2, 0.25) is 17.3 Å². The average Bonchev–Trinajstić information content (AvgIpc) is 2.93. The van der Waals surface area contributed by atoms with Gasteiger partial charge in [0.15, 0.2) is 0 Å². The molecule has 58 heavy (non-hydrogen) atoms. The molecule has 0 bridgehead atoms. The summed E-state index contributed by atoms with van der Waals surface area (Å²) in [5.41, 5.74) is -3.75. The summed E-state index contributed by atoms with van der Waals surface area (Å²) in [6.07, 6.45) is -20.7. The number of aliphatic hydroxyl groups excluding tert-OH is 3. The average molecular weight is 1050 g/mol. The minimum Gasteiger partial charge on any atom is -0.512 e. The Morgan fingerprint density at radius 2 is 0.448 bits per heavy atom. The summed E-state index contributed by atoms with van der Waals surface area (Å²) >= 11 is 0. The Morgan fingerprint density at radius 3 is 0.534 bits per heavy atom. The van der Waals surface area contributed by atoms with Gasteiger partial charge < -0.3 is 15.3 Å². The maximum atomic E-state index is 12.9. The van der Waals surface area contributed by atoms with E-state index in [-0.39, 0.29) is 56.0 Å². The van der Waals surface area contributed by atoms with Crippen molar-refractivity contribution in [2.75, 3.05) is 0 Å². The van der Waals surface area contributed by atoms with Crippen molar-refractivity contribution in [2.24, 2.45) is 16.2 Å². The van der Waals surface area contributed by atoms with Crippen LogP contribution in [0.3, 0.4) is 0 Å². The third-order valence-corrected chi connectivity index (χ3v) is 6.29. The molecule has 0 spiro atoms. The van der Waals surface area contributed by atoms with E-state index < -0.39 is 105 Å². The van der Waals surface area contributed by atoms with Crippen LogP contribution in [0.5, 0.6) is 0 Å². The van der Waals surface area contributed by atoms with Crippen LogP contribution >= 0.6 is 0 Å². The van der Waals surface area contributed by atoms with Crippen molar-refractivity contribution < 1.29 is 160 Å². The van der Waals surface area contributed by atoms with Crippen LogP contribution in [-0.2, 0) is 14.4 Å². The zero-order valence-electron chi connectivity index (χ0n) is 30.5. The SMILES string of the molecule is CC(C)(C)/C(O)=C/C(=O)C(F)(F)C(F)(F)C(F)(F)F.CC(C)(C)/C(O)=C/C(=O)C(F)(F)C(F)(F)C(F)(F)F.CC(C)(C)/C(O)=C/C(=O)C(F)(F)C(F)(F)C(F)(F)F.[Ho]. The van der Waals surface area contributed by atoms with E-state index in [1.54, 1.807) is 0 Å². The van der Waals surface area contributed by atoms with Crippen LogP contribution in [0.2, 0.25) is 0 Å². The molecule has 0 aromatic rings. The molecular weight excluding hydrogens is 1020 g/mol. The van der Waals surface area contributed by atoms with Crippen molar-refractivity contribution in [1.82, 2.24) is 0 Å². The summed E-state index contributed by atoms with van der Waals surface area (Å²) in [6, 6.07) is 0. The van der Waals surface area contributed by atoms with Crippen LogP contribution in [0.1, 0.15) is 62.3 Å². The molecule has 0 fully saturated rings. The van der Waals surface area contributed by atoms with Gasteiger partial charge in [0, 0.05) is 72.2 Å². The van der Waals surface area contributed by atoms with Crippen molar-refractivity contribution in [2.45, 2.75) is 116 Å². The van der Waals surface area contributed by atoms with Gasteiger partial charge in [-0.25, -0.2) is 0 Å². The number of aliphatic hydroxyl groups is 3. The van der Waals surface area contributed by atoms with Crippen molar-refractivity contribution in [3.8, 4) is 0 Å². The Morgan fingerprint density at radius 1 is 0.328 bits per heavy atom. The van der Waals surface area contributed by atoms with E-state index in [2.05, 4.69) is 0 Å². The quantitative estimate of drug-likeness (QED) is 0.0918. The number of allylic oxidation sites excluding steroid dienone is 6. The molecule has 6 nitrogen and oxygen atoms in total. The standard InChI is InChI=1S/3C10H11F7O2.Ho/c3*1-7(2,3)5(18)4-6(19)8(11,12)9(13,14)10(15,16)17;/h3*4,18H,1-3H3;/b3*5-4-;. The fourth-order valence-electron chi connectivity index (χ4n) is 2.29. The molecule has 0 saturated heterocycles. The fourth-order valence-corrected chi connectivity index (χ4v) is 2.29. The van der Waals surface area contributed by atoms with Crippen molar-refractivity contribution >= 4 is 17.3 Å². The van der Waals surface area contributed by atoms with E-state index in [4.69, 9.17) is 15.3 Å². The van der Waals surface area contributed by atoms with Crippen LogP contribution in [0.15, 0.2) is 35.5 Å². The van der Waals surface area contributed by atoms with Gasteiger partial charge in [0.1, 0.15) is 17.3 Å². The number of alkyl halides is 21. The summed E-state index contributed by atoms with van der Waals surface area (Å²) in [5.74, 6) is -49.1. The van der Waals surface area contributed by atoms with Crippen LogP contribution in [0.4, 0.5) is 92.2 Å². The Balaban J connectivity index is -0.000000374. The predicted octanol–water partition coefficient (Wildman–Crippen LogP) is 11.6. The second kappa shape index (κ2) is 19.0. The van der Waals surface area contributed by atoms with Crippen LogP contribution in [-0.4, -0.2) is 86.7 Å². The van der Waals surface area contributed by atoms with Crippen molar-refractivity contribution in [3.63, 3.8) is 0 Å². The molecule has 0 atom stereocenters. The molecule has 0 rings (SSSR count). The Hall–Kier alpha value is -2.58. The third kappa shape index (κ3) is 14.9. The maximum absolute atomic E-state index is 12.9. The molecule has 0 aliphatic heterocycles. The summed E-state index contributed by atoms with van der Waals surface area (Å²) in [6.45, 7) is 11.2. The summed E-state index contributed by atoms with van der Waals surface area (Å²) in [7, 11) is 0. The molecule has 0 amide bonds. The first-order valence-corrected chi connectivity index (χ1v) is 14.5. The number of ketones is 3. The van der Waals surface area contributed by atoms with Gasteiger partial charge in [0.05, 0.1) is 0 Å². The Kier molecular flexibility index (Phi) is 20.3. The molecule has 347 valence electrons. The largest absolute Gasteiger partial charge is 0.512 e.